The minimum atomic E-state index is -2.64. The van der Waals surface area contributed by atoms with Crippen molar-refractivity contribution in [2.24, 2.45) is 9.85 Å². The van der Waals surface area contributed by atoms with Crippen molar-refractivity contribution in [3.63, 3.8) is 0 Å². The van der Waals surface area contributed by atoms with Crippen LogP contribution in [0.4, 0.5) is 11.4 Å². The van der Waals surface area contributed by atoms with E-state index in [9.17, 15) is 0 Å². The molecule has 3 aromatic carbocycles. The molecule has 1 aromatic heterocycles. The number of rotatable bonds is 4. The van der Waals surface area contributed by atoms with E-state index in [-0.39, 0.29) is 0 Å². The number of benzene rings is 3. The summed E-state index contributed by atoms with van der Waals surface area (Å²) in [7, 11) is -2.64. The van der Waals surface area contributed by atoms with Gasteiger partial charge in [0.2, 0.25) is 0 Å². The maximum Gasteiger partial charge on any atom is 0.179 e. The number of nitrogens with zero attached hydrogens (tertiary/aromatic N) is 5. The molecule has 0 bridgehead atoms. The van der Waals surface area contributed by atoms with E-state index in [0.717, 1.165) is 30.2 Å². The van der Waals surface area contributed by atoms with E-state index in [1.165, 1.54) is 38.9 Å². The summed E-state index contributed by atoms with van der Waals surface area (Å²) in [5, 5.41) is 6.49. The predicted octanol–water partition coefficient (Wildman–Crippen LogP) is 7.19. The summed E-state index contributed by atoms with van der Waals surface area (Å²) in [6.45, 7) is 13.9. The van der Waals surface area contributed by atoms with Crippen molar-refractivity contribution in [2.75, 3.05) is 31.1 Å². The van der Waals surface area contributed by atoms with E-state index in [1.807, 2.05) is 6.21 Å². The molecule has 0 radical (unpaired) electrons. The lowest BCUT2D eigenvalue weighted by atomic mass is 10.1. The number of fused-ring (bicyclic) bond motifs is 1. The Balaban J connectivity index is 1.73. The van der Waals surface area contributed by atoms with Crippen molar-refractivity contribution in [1.29, 1.82) is 0 Å². The molecular weight excluding hydrogens is 501 g/mol. The molecular formula is C32H36N5OP. The minimum absolute atomic E-state index is 0.683. The van der Waals surface area contributed by atoms with Gasteiger partial charge in [-0.1, -0.05) is 48.0 Å². The topological polar surface area (TPSA) is 45.4 Å². The van der Waals surface area contributed by atoms with E-state index >= 15 is 0 Å². The smallest absolute Gasteiger partial charge is 0.179 e. The lowest BCUT2D eigenvalue weighted by Crippen LogP contribution is -2.44. The largest absolute Gasteiger partial charge is 0.379 e. The van der Waals surface area contributed by atoms with Gasteiger partial charge in [0.1, 0.15) is 0 Å². The number of para-hydroxylation sites is 1. The molecule has 2 aliphatic heterocycles. The van der Waals surface area contributed by atoms with Crippen molar-refractivity contribution in [2.45, 2.75) is 34.6 Å². The standard InChI is InChI=1S/C32H36N5OP/c1-23-14-16-28(17-15-23)36-26(4)30-22-33-37(29-11-7-6-8-12-29)39(32(30)27(36)5,35-18-20-38-21-19-35)34-31-13-9-10-24(2)25(31)3/h6-17,22H,18-21H2,1-5H3. The fourth-order valence-electron chi connectivity index (χ4n) is 5.77. The number of morpholine rings is 1. The Morgan fingerprint density at radius 1 is 0.769 bits per heavy atom. The van der Waals surface area contributed by atoms with Crippen LogP contribution in [0.25, 0.3) is 5.69 Å². The second kappa shape index (κ2) is 10.3. The molecule has 2 aliphatic rings. The summed E-state index contributed by atoms with van der Waals surface area (Å²) >= 11 is 0. The van der Waals surface area contributed by atoms with Crippen molar-refractivity contribution in [3.05, 3.63) is 106 Å². The van der Waals surface area contributed by atoms with Gasteiger partial charge in [0.15, 0.2) is 7.36 Å². The van der Waals surface area contributed by atoms with E-state index in [2.05, 4.69) is 121 Å². The van der Waals surface area contributed by atoms with Crippen molar-refractivity contribution in [3.8, 4) is 5.69 Å². The molecule has 1 fully saturated rings. The van der Waals surface area contributed by atoms with Crippen LogP contribution < -0.4 is 10.1 Å². The van der Waals surface area contributed by atoms with E-state index in [4.69, 9.17) is 14.6 Å². The lowest BCUT2D eigenvalue weighted by Gasteiger charge is -2.45. The Labute approximate surface area is 231 Å². The predicted molar refractivity (Wildman–Crippen MR) is 163 cm³/mol. The van der Waals surface area contributed by atoms with Gasteiger partial charge in [-0.15, -0.1) is 0 Å². The highest BCUT2D eigenvalue weighted by molar-refractivity contribution is 7.73. The molecule has 0 aliphatic carbocycles. The first-order chi connectivity index (χ1) is 18.9. The second-order valence-corrected chi connectivity index (χ2v) is 13.2. The second-order valence-electron chi connectivity index (χ2n) is 10.4. The summed E-state index contributed by atoms with van der Waals surface area (Å²) in [6.07, 6.45) is 2.05. The Kier molecular flexibility index (Phi) is 6.80. The average Bonchev–Trinajstić information content (AvgIpc) is 3.22. The lowest BCUT2D eigenvalue weighted by molar-refractivity contribution is 0.0744. The molecule has 200 valence electrons. The summed E-state index contributed by atoms with van der Waals surface area (Å²) < 4.78 is 18.9. The van der Waals surface area contributed by atoms with E-state index < -0.39 is 7.36 Å². The Hall–Kier alpha value is -3.44. The highest BCUT2D eigenvalue weighted by Gasteiger charge is 2.45. The van der Waals surface area contributed by atoms with Crippen LogP contribution in [0.5, 0.6) is 0 Å². The summed E-state index contributed by atoms with van der Waals surface area (Å²) in [5.41, 5.74) is 10.5. The fourth-order valence-corrected chi connectivity index (χ4v) is 9.76. The molecule has 6 rings (SSSR count). The zero-order chi connectivity index (χ0) is 27.1. The molecule has 3 heterocycles. The molecule has 6 nitrogen and oxygen atoms in total. The molecule has 0 saturated carbocycles. The van der Waals surface area contributed by atoms with Gasteiger partial charge in [-0.3, -0.25) is 0 Å². The highest BCUT2D eigenvalue weighted by Crippen LogP contribution is 2.62. The SMILES string of the molecule is Cc1ccc(-n2c(C)c3c(c2C)P(=Nc2cccc(C)c2C)(N2CCOCC2)N(c2ccccc2)N=C3)cc1. The van der Waals surface area contributed by atoms with Crippen LogP contribution >= 0.6 is 7.36 Å². The minimum Gasteiger partial charge on any atom is -0.379 e. The summed E-state index contributed by atoms with van der Waals surface area (Å²) in [6, 6.07) is 25.8. The maximum absolute atomic E-state index is 5.87. The number of aryl methyl sites for hydroxylation is 2. The average molecular weight is 538 g/mol. The number of hydrogen-bond donors (Lipinski definition) is 0. The first kappa shape index (κ1) is 25.8. The monoisotopic (exact) mass is 537 g/mol. The van der Waals surface area contributed by atoms with Crippen LogP contribution in [0.2, 0.25) is 0 Å². The zero-order valence-electron chi connectivity index (χ0n) is 23.4. The third kappa shape index (κ3) is 4.28. The van der Waals surface area contributed by atoms with Crippen molar-refractivity contribution < 1.29 is 4.74 Å². The molecule has 0 N–H and O–H groups in total. The van der Waals surface area contributed by atoms with Gasteiger partial charge in [-0.05, 0) is 76.1 Å². The third-order valence-corrected chi connectivity index (χ3v) is 11.7. The summed E-state index contributed by atoms with van der Waals surface area (Å²) in [4.78, 5) is 0. The van der Waals surface area contributed by atoms with Gasteiger partial charge >= 0.3 is 0 Å². The molecule has 1 atom stereocenters. The van der Waals surface area contributed by atoms with Gasteiger partial charge in [-0.2, -0.15) is 5.10 Å². The van der Waals surface area contributed by atoms with Crippen LogP contribution in [-0.2, 0) is 4.74 Å². The fraction of sp³-hybridized carbons (Fsp3) is 0.281. The number of hydrogen-bond acceptors (Lipinski definition) is 3. The molecule has 1 unspecified atom stereocenters. The number of hydrazone groups is 1. The summed E-state index contributed by atoms with van der Waals surface area (Å²) in [5.74, 6) is 0. The van der Waals surface area contributed by atoms with Crippen LogP contribution in [0.3, 0.4) is 0 Å². The molecule has 0 spiro atoms. The van der Waals surface area contributed by atoms with E-state index in [0.29, 0.717) is 13.2 Å². The highest BCUT2D eigenvalue weighted by atomic mass is 31.2. The number of ether oxygens (including phenoxy) is 1. The van der Waals surface area contributed by atoms with Crippen LogP contribution in [0.1, 0.15) is 33.6 Å². The normalized spacial score (nSPS) is 19.3. The van der Waals surface area contributed by atoms with E-state index in [1.54, 1.807) is 0 Å². The molecule has 4 aromatic rings. The Bertz CT molecular complexity index is 1600. The Morgan fingerprint density at radius 2 is 1.49 bits per heavy atom. The Morgan fingerprint density at radius 3 is 2.21 bits per heavy atom. The van der Waals surface area contributed by atoms with Crippen LogP contribution in [0, 0.1) is 34.6 Å². The quantitative estimate of drug-likeness (QED) is 0.259. The zero-order valence-corrected chi connectivity index (χ0v) is 24.3. The van der Waals surface area contributed by atoms with Gasteiger partial charge < -0.3 is 9.30 Å². The number of anilines is 1. The van der Waals surface area contributed by atoms with Gasteiger partial charge in [-0.25, -0.2) is 14.2 Å². The molecule has 7 heteroatoms. The first-order valence-corrected chi connectivity index (χ1v) is 15.3. The van der Waals surface area contributed by atoms with Crippen molar-refractivity contribution in [1.82, 2.24) is 9.24 Å². The third-order valence-electron chi connectivity index (χ3n) is 8.00. The van der Waals surface area contributed by atoms with Gasteiger partial charge in [0.25, 0.3) is 0 Å². The van der Waals surface area contributed by atoms with Gasteiger partial charge in [0, 0.05) is 35.7 Å². The molecule has 0 amide bonds. The molecule has 39 heavy (non-hydrogen) atoms. The van der Waals surface area contributed by atoms with Crippen LogP contribution in [0.15, 0.2) is 82.6 Å². The molecule has 1 saturated heterocycles. The number of aromatic nitrogens is 1. The maximum atomic E-state index is 5.87. The van der Waals surface area contributed by atoms with Gasteiger partial charge in [0.05, 0.1) is 36.1 Å². The first-order valence-electron chi connectivity index (χ1n) is 13.6. The van der Waals surface area contributed by atoms with Crippen LogP contribution in [-0.4, -0.2) is 41.8 Å². The van der Waals surface area contributed by atoms with Crippen molar-refractivity contribution >= 4 is 30.2 Å².